The van der Waals surface area contributed by atoms with E-state index in [4.69, 9.17) is 4.52 Å². The standard InChI is InChI=1S/C15H19N3O4S/c1-10-14(11(2)22-18-10)8-15(19)17-9-12-5-4-6-13(7-12)23(20,21)16-3/h4-7,16H,8-9H2,1-3H3,(H,17,19). The van der Waals surface area contributed by atoms with Gasteiger partial charge in [0.05, 0.1) is 17.0 Å². The molecule has 23 heavy (non-hydrogen) atoms. The van der Waals surface area contributed by atoms with Crippen molar-refractivity contribution in [3.05, 3.63) is 46.8 Å². The van der Waals surface area contributed by atoms with Crippen LogP contribution in [0.4, 0.5) is 0 Å². The number of carbonyl (C=O) groups excluding carboxylic acids is 1. The molecule has 1 aromatic carbocycles. The van der Waals surface area contributed by atoms with Crippen LogP contribution in [0.3, 0.4) is 0 Å². The van der Waals surface area contributed by atoms with E-state index in [0.29, 0.717) is 17.0 Å². The van der Waals surface area contributed by atoms with E-state index >= 15 is 0 Å². The summed E-state index contributed by atoms with van der Waals surface area (Å²) >= 11 is 0. The zero-order valence-corrected chi connectivity index (χ0v) is 14.0. The maximum absolute atomic E-state index is 12.0. The van der Waals surface area contributed by atoms with E-state index in [1.165, 1.54) is 19.2 Å². The van der Waals surface area contributed by atoms with Gasteiger partial charge in [-0.1, -0.05) is 17.3 Å². The van der Waals surface area contributed by atoms with Gasteiger partial charge in [0.25, 0.3) is 0 Å². The summed E-state index contributed by atoms with van der Waals surface area (Å²) in [5, 5.41) is 6.57. The number of nitrogens with zero attached hydrogens (tertiary/aromatic N) is 1. The number of hydrogen-bond acceptors (Lipinski definition) is 5. The molecule has 7 nitrogen and oxygen atoms in total. The summed E-state index contributed by atoms with van der Waals surface area (Å²) < 4.78 is 30.8. The van der Waals surface area contributed by atoms with E-state index in [-0.39, 0.29) is 23.8 Å². The molecule has 0 saturated carbocycles. The number of aromatic nitrogens is 1. The highest BCUT2D eigenvalue weighted by atomic mass is 32.2. The van der Waals surface area contributed by atoms with Crippen molar-refractivity contribution in [1.82, 2.24) is 15.2 Å². The van der Waals surface area contributed by atoms with Crippen LogP contribution in [0, 0.1) is 13.8 Å². The predicted molar refractivity (Wildman–Crippen MR) is 84.2 cm³/mol. The average molecular weight is 337 g/mol. The number of aryl methyl sites for hydroxylation is 2. The van der Waals surface area contributed by atoms with E-state index in [2.05, 4.69) is 15.2 Å². The van der Waals surface area contributed by atoms with Crippen LogP contribution in [-0.4, -0.2) is 26.5 Å². The molecule has 0 atom stereocenters. The molecule has 2 rings (SSSR count). The Bertz CT molecular complexity index is 792. The van der Waals surface area contributed by atoms with Crippen LogP contribution in [0.1, 0.15) is 22.6 Å². The number of amides is 1. The Kier molecular flexibility index (Phi) is 5.17. The highest BCUT2D eigenvalue weighted by Gasteiger charge is 2.14. The minimum atomic E-state index is -3.49. The van der Waals surface area contributed by atoms with E-state index in [1.54, 1.807) is 26.0 Å². The second-order valence-corrected chi connectivity index (χ2v) is 7.00. The van der Waals surface area contributed by atoms with Gasteiger partial charge in [-0.3, -0.25) is 4.79 Å². The summed E-state index contributed by atoms with van der Waals surface area (Å²) in [6, 6.07) is 6.42. The first-order valence-corrected chi connectivity index (χ1v) is 8.52. The molecule has 1 heterocycles. The molecular formula is C15H19N3O4S. The van der Waals surface area contributed by atoms with Gasteiger partial charge in [0.1, 0.15) is 5.76 Å². The lowest BCUT2D eigenvalue weighted by Crippen LogP contribution is -2.25. The summed E-state index contributed by atoms with van der Waals surface area (Å²) in [7, 11) is -2.14. The van der Waals surface area contributed by atoms with Gasteiger partial charge in [-0.25, -0.2) is 13.1 Å². The van der Waals surface area contributed by atoms with Crippen molar-refractivity contribution in [2.45, 2.75) is 31.7 Å². The first kappa shape index (κ1) is 17.2. The molecule has 0 aliphatic rings. The van der Waals surface area contributed by atoms with Crippen molar-refractivity contribution in [3.63, 3.8) is 0 Å². The van der Waals surface area contributed by atoms with Crippen LogP contribution in [0.25, 0.3) is 0 Å². The van der Waals surface area contributed by atoms with Crippen molar-refractivity contribution in [3.8, 4) is 0 Å². The Morgan fingerprint density at radius 1 is 1.30 bits per heavy atom. The van der Waals surface area contributed by atoms with Crippen molar-refractivity contribution >= 4 is 15.9 Å². The van der Waals surface area contributed by atoms with Crippen LogP contribution in [0.2, 0.25) is 0 Å². The molecular weight excluding hydrogens is 318 g/mol. The Morgan fingerprint density at radius 2 is 2.04 bits per heavy atom. The van der Waals surface area contributed by atoms with Gasteiger partial charge in [-0.2, -0.15) is 0 Å². The second-order valence-electron chi connectivity index (χ2n) is 5.11. The van der Waals surface area contributed by atoms with E-state index in [0.717, 1.165) is 5.56 Å². The monoisotopic (exact) mass is 337 g/mol. The van der Waals surface area contributed by atoms with E-state index in [9.17, 15) is 13.2 Å². The smallest absolute Gasteiger partial charge is 0.240 e. The molecule has 1 aromatic heterocycles. The SMILES string of the molecule is CNS(=O)(=O)c1cccc(CNC(=O)Cc2c(C)noc2C)c1. The first-order valence-electron chi connectivity index (χ1n) is 7.04. The Hall–Kier alpha value is -2.19. The van der Waals surface area contributed by atoms with Gasteiger partial charge in [0, 0.05) is 12.1 Å². The normalized spacial score (nSPS) is 11.4. The molecule has 124 valence electrons. The maximum atomic E-state index is 12.0. The lowest BCUT2D eigenvalue weighted by atomic mass is 10.1. The van der Waals surface area contributed by atoms with Crippen molar-refractivity contribution in [2.24, 2.45) is 0 Å². The Morgan fingerprint density at radius 3 is 2.65 bits per heavy atom. The fourth-order valence-corrected chi connectivity index (χ4v) is 2.92. The first-order chi connectivity index (χ1) is 10.8. The van der Waals surface area contributed by atoms with Gasteiger partial charge in [0.15, 0.2) is 0 Å². The number of sulfonamides is 1. The molecule has 1 amide bonds. The zero-order valence-electron chi connectivity index (χ0n) is 13.2. The molecule has 2 aromatic rings. The molecule has 0 aliphatic carbocycles. The summed E-state index contributed by atoms with van der Waals surface area (Å²) in [5.74, 6) is 0.445. The van der Waals surface area contributed by atoms with Crippen LogP contribution < -0.4 is 10.0 Å². The summed E-state index contributed by atoms with van der Waals surface area (Å²) in [4.78, 5) is 12.2. The van der Waals surface area contributed by atoms with Gasteiger partial charge in [-0.15, -0.1) is 0 Å². The number of hydrogen-bond donors (Lipinski definition) is 2. The zero-order chi connectivity index (χ0) is 17.0. The number of nitrogens with one attached hydrogen (secondary N) is 2. The van der Waals surface area contributed by atoms with Gasteiger partial charge >= 0.3 is 0 Å². The molecule has 8 heteroatoms. The van der Waals surface area contributed by atoms with Crippen molar-refractivity contribution < 1.29 is 17.7 Å². The summed E-state index contributed by atoms with van der Waals surface area (Å²) in [6.45, 7) is 3.79. The minimum Gasteiger partial charge on any atom is -0.361 e. The second kappa shape index (κ2) is 6.93. The Labute approximate surface area is 135 Å². The molecule has 2 N–H and O–H groups in total. The van der Waals surface area contributed by atoms with Crippen molar-refractivity contribution in [2.75, 3.05) is 7.05 Å². The largest absolute Gasteiger partial charge is 0.361 e. The maximum Gasteiger partial charge on any atom is 0.240 e. The summed E-state index contributed by atoms with van der Waals surface area (Å²) in [5.41, 5.74) is 2.17. The number of carbonyl (C=O) groups is 1. The third-order valence-corrected chi connectivity index (χ3v) is 4.90. The molecule has 0 bridgehead atoms. The average Bonchev–Trinajstić information content (AvgIpc) is 2.85. The van der Waals surface area contributed by atoms with Crippen LogP contribution in [0.15, 0.2) is 33.7 Å². The highest BCUT2D eigenvalue weighted by molar-refractivity contribution is 7.89. The van der Waals surface area contributed by atoms with Crippen LogP contribution >= 0.6 is 0 Å². The quantitative estimate of drug-likeness (QED) is 0.821. The van der Waals surface area contributed by atoms with Crippen LogP contribution in [-0.2, 0) is 27.8 Å². The number of benzene rings is 1. The molecule has 0 saturated heterocycles. The molecule has 0 unspecified atom stereocenters. The van der Waals surface area contributed by atoms with E-state index < -0.39 is 10.0 Å². The van der Waals surface area contributed by atoms with E-state index in [1.807, 2.05) is 0 Å². The van der Waals surface area contributed by atoms with Crippen molar-refractivity contribution in [1.29, 1.82) is 0 Å². The fourth-order valence-electron chi connectivity index (χ4n) is 2.12. The molecule has 0 radical (unpaired) electrons. The fraction of sp³-hybridized carbons (Fsp3) is 0.333. The molecule has 0 fully saturated rings. The third-order valence-electron chi connectivity index (χ3n) is 3.49. The minimum absolute atomic E-state index is 0.164. The molecule has 0 spiro atoms. The predicted octanol–water partition coefficient (Wildman–Crippen LogP) is 1.06. The van der Waals surface area contributed by atoms with Crippen LogP contribution in [0.5, 0.6) is 0 Å². The number of rotatable bonds is 6. The summed E-state index contributed by atoms with van der Waals surface area (Å²) in [6.07, 6.45) is 0.176. The van der Waals surface area contributed by atoms with Gasteiger partial charge < -0.3 is 9.84 Å². The lowest BCUT2D eigenvalue weighted by molar-refractivity contribution is -0.120. The molecule has 0 aliphatic heterocycles. The Balaban J connectivity index is 2.01. The topological polar surface area (TPSA) is 101 Å². The lowest BCUT2D eigenvalue weighted by Gasteiger charge is -2.08. The highest BCUT2D eigenvalue weighted by Crippen LogP contribution is 2.13. The van der Waals surface area contributed by atoms with Gasteiger partial charge in [-0.05, 0) is 38.6 Å². The van der Waals surface area contributed by atoms with Gasteiger partial charge in [0.2, 0.25) is 15.9 Å². The third kappa shape index (κ3) is 4.17.